The Kier molecular flexibility index (Phi) is 5.73. The summed E-state index contributed by atoms with van der Waals surface area (Å²) in [7, 11) is 1.57. The van der Waals surface area contributed by atoms with E-state index in [1.165, 1.54) is 5.56 Å². The molecule has 6 rings (SSSR count). The van der Waals surface area contributed by atoms with Crippen LogP contribution in [0.5, 0.6) is 0 Å². The summed E-state index contributed by atoms with van der Waals surface area (Å²) in [6.45, 7) is 1.43. The number of nitrogens with one attached hydrogen (secondary N) is 2. The van der Waals surface area contributed by atoms with E-state index in [1.807, 2.05) is 40.1 Å². The molecule has 2 aliphatic heterocycles. The van der Waals surface area contributed by atoms with Crippen LogP contribution in [0.4, 0.5) is 22.0 Å². The van der Waals surface area contributed by atoms with Gasteiger partial charge in [0.15, 0.2) is 11.6 Å². The van der Waals surface area contributed by atoms with Gasteiger partial charge in [0.05, 0.1) is 25.5 Å². The highest BCUT2D eigenvalue weighted by atomic mass is 35.5. The van der Waals surface area contributed by atoms with E-state index in [4.69, 9.17) is 21.3 Å². The summed E-state index contributed by atoms with van der Waals surface area (Å²) in [6, 6.07) is 12.4. The lowest BCUT2D eigenvalue weighted by Gasteiger charge is -2.45. The lowest BCUT2D eigenvalue weighted by molar-refractivity contribution is -0.123. The predicted octanol–water partition coefficient (Wildman–Crippen LogP) is 3.79. The summed E-state index contributed by atoms with van der Waals surface area (Å²) in [4.78, 5) is 38.9. The van der Waals surface area contributed by atoms with Gasteiger partial charge in [-0.15, -0.1) is 0 Å². The minimum Gasteiger partial charge on any atom is -0.377 e. The zero-order chi connectivity index (χ0) is 24.8. The third-order valence-corrected chi connectivity index (χ3v) is 7.26. The minimum absolute atomic E-state index is 0.000929. The number of benzene rings is 2. The van der Waals surface area contributed by atoms with E-state index < -0.39 is 6.04 Å². The Morgan fingerprint density at radius 3 is 2.81 bits per heavy atom. The highest BCUT2D eigenvalue weighted by Crippen LogP contribution is 2.45. The third kappa shape index (κ3) is 3.84. The number of aromatic nitrogens is 2. The van der Waals surface area contributed by atoms with Crippen molar-refractivity contribution in [1.29, 1.82) is 0 Å². The fourth-order valence-electron chi connectivity index (χ4n) is 5.27. The normalized spacial score (nSPS) is 20.4. The molecule has 0 saturated carbocycles. The summed E-state index contributed by atoms with van der Waals surface area (Å²) in [6.07, 6.45) is 3.45. The molecule has 3 aliphatic rings. The molecule has 1 fully saturated rings. The molecule has 0 bridgehead atoms. The van der Waals surface area contributed by atoms with E-state index in [0.29, 0.717) is 42.0 Å². The largest absolute Gasteiger partial charge is 0.377 e. The van der Waals surface area contributed by atoms with Crippen LogP contribution in [-0.4, -0.2) is 54.8 Å². The number of fused-ring (bicyclic) bond motifs is 4. The fraction of sp³-hybridized carbons (Fsp3) is 0.308. The average Bonchev–Trinajstić information content (AvgIpc) is 3.32. The van der Waals surface area contributed by atoms with Gasteiger partial charge in [0.25, 0.3) is 5.91 Å². The first-order chi connectivity index (χ1) is 17.5. The SMILES string of the molecule is CNC(=O)Nc1ccc(-c2ncc3c(n2)N2CCOCC2C(=O)N3C2CCc3ccc(Cl)cc32)cc1. The highest BCUT2D eigenvalue weighted by molar-refractivity contribution is 6.30. The molecule has 2 aromatic carbocycles. The number of aryl methyl sites for hydroxylation is 1. The molecule has 3 heterocycles. The maximum Gasteiger partial charge on any atom is 0.318 e. The van der Waals surface area contributed by atoms with Gasteiger partial charge in [-0.05, 0) is 60.4 Å². The molecular formula is C26H25ClN6O3. The van der Waals surface area contributed by atoms with Crippen molar-refractivity contribution in [3.8, 4) is 11.4 Å². The van der Waals surface area contributed by atoms with Crippen molar-refractivity contribution in [2.75, 3.05) is 41.9 Å². The van der Waals surface area contributed by atoms with Crippen LogP contribution in [0.3, 0.4) is 0 Å². The monoisotopic (exact) mass is 504 g/mol. The molecule has 0 spiro atoms. The van der Waals surface area contributed by atoms with Gasteiger partial charge < -0.3 is 20.3 Å². The highest BCUT2D eigenvalue weighted by Gasteiger charge is 2.45. The van der Waals surface area contributed by atoms with Gasteiger partial charge in [-0.25, -0.2) is 14.8 Å². The van der Waals surface area contributed by atoms with Gasteiger partial charge in [-0.3, -0.25) is 9.69 Å². The van der Waals surface area contributed by atoms with Crippen molar-refractivity contribution in [3.63, 3.8) is 0 Å². The van der Waals surface area contributed by atoms with Gasteiger partial charge in [0.2, 0.25) is 0 Å². The van der Waals surface area contributed by atoms with Crippen molar-refractivity contribution in [2.24, 2.45) is 0 Å². The Balaban J connectivity index is 1.40. The second kappa shape index (κ2) is 9.07. The van der Waals surface area contributed by atoms with Gasteiger partial charge in [-0.2, -0.15) is 0 Å². The van der Waals surface area contributed by atoms with E-state index >= 15 is 0 Å². The van der Waals surface area contributed by atoms with Crippen LogP contribution in [0, 0.1) is 0 Å². The minimum atomic E-state index is -0.434. The number of nitrogens with zero attached hydrogens (tertiary/aromatic N) is 4. The van der Waals surface area contributed by atoms with Gasteiger partial charge in [0.1, 0.15) is 11.7 Å². The molecule has 3 aromatic rings. The molecule has 36 heavy (non-hydrogen) atoms. The first-order valence-electron chi connectivity index (χ1n) is 12.0. The second-order valence-corrected chi connectivity index (χ2v) is 9.51. The number of carbonyl (C=O) groups excluding carboxylic acids is 2. The van der Waals surface area contributed by atoms with Crippen molar-refractivity contribution in [1.82, 2.24) is 15.3 Å². The molecule has 3 amide bonds. The van der Waals surface area contributed by atoms with E-state index in [-0.39, 0.29) is 18.0 Å². The number of amides is 3. The predicted molar refractivity (Wildman–Crippen MR) is 137 cm³/mol. The number of morpholine rings is 1. The summed E-state index contributed by atoms with van der Waals surface area (Å²) in [5.74, 6) is 1.28. The molecule has 1 aliphatic carbocycles. The van der Waals surface area contributed by atoms with Crippen molar-refractivity contribution in [2.45, 2.75) is 24.9 Å². The number of hydrogen-bond acceptors (Lipinski definition) is 6. The Morgan fingerprint density at radius 1 is 1.17 bits per heavy atom. The van der Waals surface area contributed by atoms with Crippen LogP contribution >= 0.6 is 11.6 Å². The van der Waals surface area contributed by atoms with Crippen molar-refractivity contribution < 1.29 is 14.3 Å². The molecule has 0 radical (unpaired) electrons. The van der Waals surface area contributed by atoms with Crippen LogP contribution in [0.1, 0.15) is 23.6 Å². The second-order valence-electron chi connectivity index (χ2n) is 9.07. The first-order valence-corrected chi connectivity index (χ1v) is 12.3. The lowest BCUT2D eigenvalue weighted by Crippen LogP contribution is -2.59. The summed E-state index contributed by atoms with van der Waals surface area (Å²) in [5.41, 5.74) is 4.48. The number of carbonyl (C=O) groups is 2. The molecule has 10 heteroatoms. The molecule has 9 nitrogen and oxygen atoms in total. The number of hydrogen-bond donors (Lipinski definition) is 2. The van der Waals surface area contributed by atoms with Gasteiger partial charge in [0, 0.05) is 29.9 Å². The summed E-state index contributed by atoms with van der Waals surface area (Å²) < 4.78 is 5.70. The summed E-state index contributed by atoms with van der Waals surface area (Å²) in [5, 5.41) is 5.94. The number of anilines is 3. The van der Waals surface area contributed by atoms with Crippen LogP contribution in [-0.2, 0) is 16.0 Å². The Morgan fingerprint density at radius 2 is 2.00 bits per heavy atom. The Hall–Kier alpha value is -3.69. The molecule has 2 N–H and O–H groups in total. The molecule has 1 saturated heterocycles. The summed E-state index contributed by atoms with van der Waals surface area (Å²) >= 11 is 6.33. The van der Waals surface area contributed by atoms with Crippen LogP contribution in [0.2, 0.25) is 5.02 Å². The number of rotatable bonds is 3. The lowest BCUT2D eigenvalue weighted by atomic mass is 10.0. The van der Waals surface area contributed by atoms with Crippen LogP contribution in [0.15, 0.2) is 48.7 Å². The van der Waals surface area contributed by atoms with Gasteiger partial charge >= 0.3 is 6.03 Å². The first kappa shape index (κ1) is 22.8. The number of ether oxygens (including phenoxy) is 1. The zero-order valence-corrected chi connectivity index (χ0v) is 20.5. The van der Waals surface area contributed by atoms with E-state index in [9.17, 15) is 9.59 Å². The maximum atomic E-state index is 13.8. The molecule has 1 aromatic heterocycles. The van der Waals surface area contributed by atoms with Crippen molar-refractivity contribution >= 4 is 40.7 Å². The smallest absolute Gasteiger partial charge is 0.318 e. The third-order valence-electron chi connectivity index (χ3n) is 7.03. The Bertz CT molecular complexity index is 1350. The van der Waals surface area contributed by atoms with E-state index in [0.717, 1.165) is 29.8 Å². The standard InChI is InChI=1S/C26H25ClN6O3/c1-28-26(35)30-18-7-3-16(4-8-18)23-29-13-21-24(31-23)32-10-11-36-14-22(32)25(34)33(21)20-9-5-15-2-6-17(27)12-19(15)20/h2-4,6-8,12-13,20,22H,5,9-11,14H2,1H3,(H2,28,30,35). The number of urea groups is 1. The molecular weight excluding hydrogens is 480 g/mol. The maximum absolute atomic E-state index is 13.8. The topological polar surface area (TPSA) is 99.7 Å². The van der Waals surface area contributed by atoms with E-state index in [1.54, 1.807) is 25.4 Å². The van der Waals surface area contributed by atoms with Crippen LogP contribution in [0.25, 0.3) is 11.4 Å². The van der Waals surface area contributed by atoms with Crippen molar-refractivity contribution in [3.05, 3.63) is 64.8 Å². The Labute approximate surface area is 213 Å². The quantitative estimate of drug-likeness (QED) is 0.563. The van der Waals surface area contributed by atoms with Crippen LogP contribution < -0.4 is 20.4 Å². The zero-order valence-electron chi connectivity index (χ0n) is 19.7. The fourth-order valence-corrected chi connectivity index (χ4v) is 5.45. The average molecular weight is 505 g/mol. The number of halogens is 1. The van der Waals surface area contributed by atoms with Gasteiger partial charge in [-0.1, -0.05) is 17.7 Å². The molecule has 2 atom stereocenters. The molecule has 2 unspecified atom stereocenters. The van der Waals surface area contributed by atoms with E-state index in [2.05, 4.69) is 15.6 Å². The molecule has 184 valence electrons.